The summed E-state index contributed by atoms with van der Waals surface area (Å²) in [6.45, 7) is 1.64. The maximum absolute atomic E-state index is 12.4. The summed E-state index contributed by atoms with van der Waals surface area (Å²) in [5.74, 6) is -0.659. The molecular weight excluding hydrogens is 374 g/mol. The Labute approximate surface area is 170 Å². The van der Waals surface area contributed by atoms with Crippen LogP contribution in [-0.4, -0.2) is 23.9 Å². The third-order valence-corrected chi connectivity index (χ3v) is 5.32. The first-order chi connectivity index (χ1) is 13.5. The number of halogens is 1. The average molecular weight is 400 g/mol. The van der Waals surface area contributed by atoms with Crippen molar-refractivity contribution >= 4 is 34.8 Å². The molecule has 0 bridgehead atoms. The van der Waals surface area contributed by atoms with Gasteiger partial charge in [-0.3, -0.25) is 9.59 Å². The smallest absolute Gasteiger partial charge is 0.253 e. The zero-order valence-electron chi connectivity index (χ0n) is 16.0. The van der Waals surface area contributed by atoms with E-state index in [0.29, 0.717) is 22.3 Å². The third kappa shape index (κ3) is 5.49. The van der Waals surface area contributed by atoms with E-state index in [0.717, 1.165) is 5.69 Å². The number of hydrogen-bond donors (Lipinski definition) is 3. The second-order valence-electron chi connectivity index (χ2n) is 7.22. The number of benzene rings is 2. The van der Waals surface area contributed by atoms with Crippen LogP contribution in [0.5, 0.6) is 0 Å². The Morgan fingerprint density at radius 2 is 1.61 bits per heavy atom. The minimum absolute atomic E-state index is 0.284. The SMILES string of the molecule is CC(NC(=O)c1ccccc1Cl)C(=O)Nc1ccc(NC2CCCCC2)cc1. The second kappa shape index (κ2) is 9.60. The van der Waals surface area contributed by atoms with Crippen molar-refractivity contribution < 1.29 is 9.59 Å². The van der Waals surface area contributed by atoms with E-state index in [4.69, 9.17) is 11.6 Å². The Hall–Kier alpha value is -2.53. The van der Waals surface area contributed by atoms with Crippen molar-refractivity contribution in [2.24, 2.45) is 0 Å². The first-order valence-corrected chi connectivity index (χ1v) is 10.1. The minimum Gasteiger partial charge on any atom is -0.382 e. The van der Waals surface area contributed by atoms with Crippen LogP contribution in [0.4, 0.5) is 11.4 Å². The zero-order valence-corrected chi connectivity index (χ0v) is 16.8. The van der Waals surface area contributed by atoms with E-state index < -0.39 is 6.04 Å². The molecule has 1 fully saturated rings. The lowest BCUT2D eigenvalue weighted by atomic mass is 9.95. The molecule has 1 aliphatic rings. The summed E-state index contributed by atoms with van der Waals surface area (Å²) in [4.78, 5) is 24.7. The van der Waals surface area contributed by atoms with Crippen molar-refractivity contribution in [1.82, 2.24) is 5.32 Å². The number of carbonyl (C=O) groups is 2. The Balaban J connectivity index is 1.52. The van der Waals surface area contributed by atoms with E-state index in [9.17, 15) is 9.59 Å². The summed E-state index contributed by atoms with van der Waals surface area (Å²) < 4.78 is 0. The molecule has 2 aromatic carbocycles. The Morgan fingerprint density at radius 1 is 0.964 bits per heavy atom. The maximum atomic E-state index is 12.4. The standard InChI is InChI=1S/C22H26ClN3O2/c1-15(24-22(28)19-9-5-6-10-20(19)23)21(27)26-18-13-11-17(12-14-18)25-16-7-3-2-4-8-16/h5-6,9-16,25H,2-4,7-8H2,1H3,(H,24,28)(H,26,27). The van der Waals surface area contributed by atoms with Crippen molar-refractivity contribution in [1.29, 1.82) is 0 Å². The Kier molecular flexibility index (Phi) is 6.93. The van der Waals surface area contributed by atoms with Crippen molar-refractivity contribution in [3.05, 3.63) is 59.1 Å². The fourth-order valence-corrected chi connectivity index (χ4v) is 3.59. The van der Waals surface area contributed by atoms with Gasteiger partial charge in [0.05, 0.1) is 10.6 Å². The quantitative estimate of drug-likeness (QED) is 0.650. The highest BCUT2D eigenvalue weighted by molar-refractivity contribution is 6.33. The van der Waals surface area contributed by atoms with Crippen molar-refractivity contribution in [2.45, 2.75) is 51.1 Å². The van der Waals surface area contributed by atoms with Crippen molar-refractivity contribution in [3.8, 4) is 0 Å². The first kappa shape index (κ1) is 20.2. The molecule has 3 rings (SSSR count). The topological polar surface area (TPSA) is 70.2 Å². The van der Waals surface area contributed by atoms with Crippen LogP contribution in [0.15, 0.2) is 48.5 Å². The highest BCUT2D eigenvalue weighted by Gasteiger charge is 2.18. The van der Waals surface area contributed by atoms with Gasteiger partial charge in [0.15, 0.2) is 0 Å². The van der Waals surface area contributed by atoms with E-state index in [2.05, 4.69) is 16.0 Å². The van der Waals surface area contributed by atoms with Crippen molar-refractivity contribution in [3.63, 3.8) is 0 Å². The highest BCUT2D eigenvalue weighted by Crippen LogP contribution is 2.22. The van der Waals surface area contributed by atoms with Gasteiger partial charge in [-0.1, -0.05) is 43.0 Å². The number of nitrogens with one attached hydrogen (secondary N) is 3. The molecule has 1 saturated carbocycles. The molecule has 6 heteroatoms. The second-order valence-corrected chi connectivity index (χ2v) is 7.63. The molecule has 1 atom stereocenters. The predicted octanol–water partition coefficient (Wildman–Crippen LogP) is 4.84. The predicted molar refractivity (Wildman–Crippen MR) is 114 cm³/mol. The van der Waals surface area contributed by atoms with Gasteiger partial charge in [-0.25, -0.2) is 0 Å². The van der Waals surface area contributed by atoms with Gasteiger partial charge in [-0.2, -0.15) is 0 Å². The summed E-state index contributed by atoms with van der Waals surface area (Å²) in [5, 5.41) is 9.41. The number of rotatable bonds is 6. The fourth-order valence-electron chi connectivity index (χ4n) is 3.37. The molecule has 2 amide bonds. The van der Waals surface area contributed by atoms with E-state index in [1.54, 1.807) is 31.2 Å². The molecule has 0 aromatic heterocycles. The van der Waals surface area contributed by atoms with Gasteiger partial charge in [-0.15, -0.1) is 0 Å². The van der Waals surface area contributed by atoms with Gasteiger partial charge in [0.2, 0.25) is 5.91 Å². The van der Waals surface area contributed by atoms with Crippen LogP contribution < -0.4 is 16.0 Å². The van der Waals surface area contributed by atoms with Gasteiger partial charge in [0.25, 0.3) is 5.91 Å². The molecule has 28 heavy (non-hydrogen) atoms. The van der Waals surface area contributed by atoms with Crippen LogP contribution in [0.1, 0.15) is 49.4 Å². The molecule has 0 aliphatic heterocycles. The molecule has 0 saturated heterocycles. The highest BCUT2D eigenvalue weighted by atomic mass is 35.5. The molecule has 0 spiro atoms. The largest absolute Gasteiger partial charge is 0.382 e. The summed E-state index contributed by atoms with van der Waals surface area (Å²) in [5.41, 5.74) is 2.10. The van der Waals surface area contributed by atoms with Gasteiger partial charge in [-0.05, 0) is 56.2 Å². The minimum atomic E-state index is -0.691. The third-order valence-electron chi connectivity index (χ3n) is 4.99. The molecule has 2 aromatic rings. The lowest BCUT2D eigenvalue weighted by Gasteiger charge is -2.24. The van der Waals surface area contributed by atoms with Gasteiger partial charge in [0, 0.05) is 17.4 Å². The monoisotopic (exact) mass is 399 g/mol. The Bertz CT molecular complexity index is 817. The summed E-state index contributed by atoms with van der Waals surface area (Å²) in [7, 11) is 0. The molecule has 3 N–H and O–H groups in total. The fraction of sp³-hybridized carbons (Fsp3) is 0.364. The number of hydrogen-bond acceptors (Lipinski definition) is 3. The lowest BCUT2D eigenvalue weighted by molar-refractivity contribution is -0.117. The molecule has 1 unspecified atom stereocenters. The van der Waals surface area contributed by atoms with Crippen molar-refractivity contribution in [2.75, 3.05) is 10.6 Å². The van der Waals surface area contributed by atoms with Gasteiger partial charge in [0.1, 0.15) is 6.04 Å². The zero-order chi connectivity index (χ0) is 19.9. The first-order valence-electron chi connectivity index (χ1n) is 9.76. The average Bonchev–Trinajstić information content (AvgIpc) is 2.70. The molecule has 5 nitrogen and oxygen atoms in total. The summed E-state index contributed by atoms with van der Waals surface area (Å²) in [6.07, 6.45) is 6.31. The number of carbonyl (C=O) groups excluding carboxylic acids is 2. The maximum Gasteiger partial charge on any atom is 0.253 e. The van der Waals surface area contributed by atoms with Crippen LogP contribution in [0.2, 0.25) is 5.02 Å². The number of amides is 2. The van der Waals surface area contributed by atoms with Crippen LogP contribution in [0, 0.1) is 0 Å². The van der Waals surface area contributed by atoms with E-state index in [1.807, 2.05) is 24.3 Å². The molecular formula is C22H26ClN3O2. The molecule has 0 radical (unpaired) electrons. The number of anilines is 2. The normalized spacial score (nSPS) is 15.5. The lowest BCUT2D eigenvalue weighted by Crippen LogP contribution is -2.41. The van der Waals surface area contributed by atoms with Gasteiger partial charge < -0.3 is 16.0 Å². The van der Waals surface area contributed by atoms with Crippen LogP contribution in [0.25, 0.3) is 0 Å². The Morgan fingerprint density at radius 3 is 2.29 bits per heavy atom. The van der Waals surface area contributed by atoms with E-state index in [-0.39, 0.29) is 11.8 Å². The molecule has 1 aliphatic carbocycles. The van der Waals surface area contributed by atoms with Crippen LogP contribution in [-0.2, 0) is 4.79 Å². The van der Waals surface area contributed by atoms with E-state index >= 15 is 0 Å². The molecule has 0 heterocycles. The van der Waals surface area contributed by atoms with Crippen LogP contribution >= 0.6 is 11.6 Å². The summed E-state index contributed by atoms with van der Waals surface area (Å²) in [6, 6.07) is 14.3. The van der Waals surface area contributed by atoms with Gasteiger partial charge >= 0.3 is 0 Å². The van der Waals surface area contributed by atoms with E-state index in [1.165, 1.54) is 32.1 Å². The summed E-state index contributed by atoms with van der Waals surface area (Å²) >= 11 is 6.03. The molecule has 148 valence electrons. The van der Waals surface area contributed by atoms with Crippen LogP contribution in [0.3, 0.4) is 0 Å².